The lowest BCUT2D eigenvalue weighted by atomic mass is 9.83. The summed E-state index contributed by atoms with van der Waals surface area (Å²) < 4.78 is 39.0. The maximum Gasteiger partial charge on any atom is 0.306 e. The summed E-state index contributed by atoms with van der Waals surface area (Å²) >= 11 is 0. The standard InChI is InChI=1S/C29H37F2N3O3/c1-19-16-23-22-9-6-5-8-21(22)17-24(23)28(34(19)13-10-26(35)36-4)27-20(2)29(32-18-25(27)31)37-15-14-33(3)12-7-11-30/h5-6,8-9,18-19,28H,7,10-17H2,1-4H3/t19-,28+/m1/s1. The number of fused-ring (bicyclic) bond motifs is 2. The molecule has 200 valence electrons. The fourth-order valence-electron chi connectivity index (χ4n) is 5.63. The molecular weight excluding hydrogens is 476 g/mol. The van der Waals surface area contributed by atoms with Gasteiger partial charge < -0.3 is 14.4 Å². The van der Waals surface area contributed by atoms with Crippen molar-refractivity contribution in [3.63, 3.8) is 0 Å². The quantitative estimate of drug-likeness (QED) is 0.398. The molecule has 0 N–H and O–H groups in total. The number of esters is 1. The molecule has 0 spiro atoms. The van der Waals surface area contributed by atoms with Gasteiger partial charge in [-0.05, 0) is 62.4 Å². The summed E-state index contributed by atoms with van der Waals surface area (Å²) in [5.74, 6) is -0.262. The Morgan fingerprint density at radius 3 is 2.81 bits per heavy atom. The van der Waals surface area contributed by atoms with Crippen molar-refractivity contribution in [2.24, 2.45) is 0 Å². The highest BCUT2D eigenvalue weighted by atomic mass is 19.1. The summed E-state index contributed by atoms with van der Waals surface area (Å²) in [4.78, 5) is 20.5. The van der Waals surface area contributed by atoms with Crippen molar-refractivity contribution < 1.29 is 23.0 Å². The van der Waals surface area contributed by atoms with Gasteiger partial charge >= 0.3 is 5.97 Å². The number of likely N-dealkylation sites (N-methyl/N-ethyl adjacent to an activating group) is 1. The summed E-state index contributed by atoms with van der Waals surface area (Å²) in [5.41, 5.74) is 6.15. The van der Waals surface area contributed by atoms with Gasteiger partial charge in [-0.2, -0.15) is 0 Å². The normalized spacial score (nSPS) is 19.2. The number of halogens is 2. The van der Waals surface area contributed by atoms with Gasteiger partial charge in [-0.1, -0.05) is 24.3 Å². The van der Waals surface area contributed by atoms with Gasteiger partial charge in [-0.3, -0.25) is 14.1 Å². The molecule has 1 aromatic heterocycles. The molecule has 6 nitrogen and oxygen atoms in total. The largest absolute Gasteiger partial charge is 0.476 e. The molecule has 0 amide bonds. The number of hydrogen-bond donors (Lipinski definition) is 0. The van der Waals surface area contributed by atoms with Crippen LogP contribution in [0.3, 0.4) is 0 Å². The Morgan fingerprint density at radius 1 is 1.27 bits per heavy atom. The fourth-order valence-corrected chi connectivity index (χ4v) is 5.63. The van der Waals surface area contributed by atoms with Crippen molar-refractivity contribution >= 4 is 11.5 Å². The Labute approximate surface area is 218 Å². The lowest BCUT2D eigenvalue weighted by molar-refractivity contribution is -0.141. The molecular formula is C29H37F2N3O3. The molecule has 1 aliphatic carbocycles. The molecule has 2 aromatic rings. The minimum absolute atomic E-state index is 0.0973. The second kappa shape index (κ2) is 12.1. The zero-order chi connectivity index (χ0) is 26.5. The number of methoxy groups -OCH3 is 1. The van der Waals surface area contributed by atoms with Crippen LogP contribution in [0.4, 0.5) is 8.78 Å². The van der Waals surface area contributed by atoms with Gasteiger partial charge in [0.25, 0.3) is 0 Å². The number of benzene rings is 1. The zero-order valence-electron chi connectivity index (χ0n) is 22.2. The molecule has 2 aliphatic rings. The second-order valence-electron chi connectivity index (χ2n) is 10.0. The van der Waals surface area contributed by atoms with Crippen LogP contribution in [-0.4, -0.2) is 73.9 Å². The van der Waals surface area contributed by atoms with Crippen molar-refractivity contribution in [3.05, 3.63) is 64.1 Å². The van der Waals surface area contributed by atoms with Crippen LogP contribution >= 0.6 is 0 Å². The number of nitrogens with zero attached hydrogens (tertiary/aromatic N) is 3. The van der Waals surface area contributed by atoms with E-state index in [4.69, 9.17) is 9.47 Å². The first-order valence-corrected chi connectivity index (χ1v) is 13.0. The Hall–Kier alpha value is -2.84. The number of rotatable bonds is 11. The van der Waals surface area contributed by atoms with Gasteiger partial charge in [-0.15, -0.1) is 0 Å². The number of alkyl halides is 1. The molecule has 2 atom stereocenters. The lowest BCUT2D eigenvalue weighted by Crippen LogP contribution is -2.42. The van der Waals surface area contributed by atoms with E-state index in [1.54, 1.807) is 0 Å². The number of carbonyl (C=O) groups is 1. The Balaban J connectivity index is 1.68. The highest BCUT2D eigenvalue weighted by Crippen LogP contribution is 2.50. The van der Waals surface area contributed by atoms with Gasteiger partial charge in [0.15, 0.2) is 0 Å². The Bertz CT molecular complexity index is 1150. The van der Waals surface area contributed by atoms with Crippen molar-refractivity contribution in [1.82, 2.24) is 14.8 Å². The molecule has 0 unspecified atom stereocenters. The van der Waals surface area contributed by atoms with Crippen LogP contribution < -0.4 is 4.74 Å². The molecule has 0 fully saturated rings. The van der Waals surface area contributed by atoms with Crippen LogP contribution in [0, 0.1) is 12.7 Å². The molecule has 8 heteroatoms. The second-order valence-corrected chi connectivity index (χ2v) is 10.0. The molecule has 1 aliphatic heterocycles. The number of carbonyl (C=O) groups excluding carboxylic acids is 1. The van der Waals surface area contributed by atoms with Gasteiger partial charge in [0.2, 0.25) is 5.88 Å². The summed E-state index contributed by atoms with van der Waals surface area (Å²) in [6, 6.07) is 8.13. The highest BCUT2D eigenvalue weighted by Gasteiger charge is 2.41. The van der Waals surface area contributed by atoms with Crippen LogP contribution in [0.25, 0.3) is 5.57 Å². The van der Waals surface area contributed by atoms with Crippen molar-refractivity contribution in [2.75, 3.05) is 47.1 Å². The monoisotopic (exact) mass is 513 g/mol. The van der Waals surface area contributed by atoms with E-state index in [2.05, 4.69) is 28.9 Å². The van der Waals surface area contributed by atoms with E-state index in [1.807, 2.05) is 31.0 Å². The summed E-state index contributed by atoms with van der Waals surface area (Å²) in [6.07, 6.45) is 3.53. The van der Waals surface area contributed by atoms with Crippen LogP contribution in [0.15, 0.2) is 36.0 Å². The Morgan fingerprint density at radius 2 is 2.05 bits per heavy atom. The molecule has 0 saturated heterocycles. The third-order valence-corrected chi connectivity index (χ3v) is 7.58. The van der Waals surface area contributed by atoms with Gasteiger partial charge in [0, 0.05) is 36.8 Å². The van der Waals surface area contributed by atoms with E-state index in [0.29, 0.717) is 49.7 Å². The van der Waals surface area contributed by atoms with Crippen molar-refractivity contribution in [1.29, 1.82) is 0 Å². The number of pyridine rings is 1. The minimum Gasteiger partial charge on any atom is -0.476 e. The SMILES string of the molecule is COC(=O)CCN1[C@H](C)CC2=C(Cc3ccccc32)[C@H]1c1c(F)cnc(OCCN(C)CCCF)c1C. The van der Waals surface area contributed by atoms with Crippen LogP contribution in [0.5, 0.6) is 5.88 Å². The molecule has 1 aromatic carbocycles. The van der Waals surface area contributed by atoms with Gasteiger partial charge in [-0.25, -0.2) is 9.37 Å². The number of ether oxygens (including phenoxy) is 2. The van der Waals surface area contributed by atoms with Crippen LogP contribution in [-0.2, 0) is 16.0 Å². The van der Waals surface area contributed by atoms with E-state index in [1.165, 1.54) is 35.6 Å². The smallest absolute Gasteiger partial charge is 0.306 e. The molecule has 37 heavy (non-hydrogen) atoms. The average molecular weight is 514 g/mol. The van der Waals surface area contributed by atoms with E-state index in [9.17, 15) is 9.18 Å². The topological polar surface area (TPSA) is 54.9 Å². The third kappa shape index (κ3) is 5.85. The first kappa shape index (κ1) is 27.2. The highest BCUT2D eigenvalue weighted by molar-refractivity contribution is 5.79. The molecule has 0 saturated carbocycles. The summed E-state index contributed by atoms with van der Waals surface area (Å²) in [7, 11) is 3.31. The van der Waals surface area contributed by atoms with Crippen molar-refractivity contribution in [3.8, 4) is 5.88 Å². The lowest BCUT2D eigenvalue weighted by Gasteiger charge is -2.42. The van der Waals surface area contributed by atoms with Crippen LogP contribution in [0.1, 0.15) is 54.5 Å². The molecule has 2 heterocycles. The summed E-state index contributed by atoms with van der Waals surface area (Å²) in [6.45, 7) is 5.73. The number of hydrogen-bond acceptors (Lipinski definition) is 6. The van der Waals surface area contributed by atoms with Gasteiger partial charge in [0.05, 0.1) is 32.4 Å². The van der Waals surface area contributed by atoms with Gasteiger partial charge in [0.1, 0.15) is 12.4 Å². The van der Waals surface area contributed by atoms with E-state index in [0.717, 1.165) is 12.8 Å². The fraction of sp³-hybridized carbons (Fsp3) is 0.517. The van der Waals surface area contributed by atoms with Crippen LogP contribution in [0.2, 0.25) is 0 Å². The molecule has 4 rings (SSSR count). The third-order valence-electron chi connectivity index (χ3n) is 7.58. The predicted octanol–water partition coefficient (Wildman–Crippen LogP) is 4.91. The van der Waals surface area contributed by atoms with Crippen molar-refractivity contribution in [2.45, 2.75) is 51.6 Å². The molecule has 0 bridgehead atoms. The minimum atomic E-state index is -0.380. The number of aromatic nitrogens is 1. The zero-order valence-corrected chi connectivity index (χ0v) is 22.2. The average Bonchev–Trinajstić information content (AvgIpc) is 3.26. The van der Waals surface area contributed by atoms with E-state index in [-0.39, 0.29) is 37.0 Å². The Kier molecular flexibility index (Phi) is 8.92. The first-order valence-electron chi connectivity index (χ1n) is 13.0. The maximum atomic E-state index is 15.7. The predicted molar refractivity (Wildman–Crippen MR) is 140 cm³/mol. The van der Waals surface area contributed by atoms with E-state index < -0.39 is 0 Å². The maximum absolute atomic E-state index is 15.7. The van der Waals surface area contributed by atoms with E-state index >= 15 is 4.39 Å². The molecule has 0 radical (unpaired) electrons. The summed E-state index contributed by atoms with van der Waals surface area (Å²) in [5, 5.41) is 0. The first-order chi connectivity index (χ1) is 17.8.